The van der Waals surface area contributed by atoms with Gasteiger partial charge in [-0.15, -0.1) is 0 Å². The van der Waals surface area contributed by atoms with Gasteiger partial charge in [-0.3, -0.25) is 4.79 Å². The quantitative estimate of drug-likeness (QED) is 0.826. The summed E-state index contributed by atoms with van der Waals surface area (Å²) in [6, 6.07) is 1.37. The third-order valence-electron chi connectivity index (χ3n) is 2.67. The lowest BCUT2D eigenvalue weighted by atomic mass is 10.4. The van der Waals surface area contributed by atoms with E-state index in [4.69, 9.17) is 0 Å². The van der Waals surface area contributed by atoms with Crippen molar-refractivity contribution in [2.24, 2.45) is 0 Å². The number of nitrogens with zero attached hydrogens (tertiary/aromatic N) is 2. The average molecular weight is 312 g/mol. The molecule has 0 aliphatic heterocycles. The van der Waals surface area contributed by atoms with Gasteiger partial charge in [0.2, 0.25) is 0 Å². The van der Waals surface area contributed by atoms with Crippen LogP contribution in [-0.2, 0) is 22.6 Å². The minimum absolute atomic E-state index is 0.0364. The topological polar surface area (TPSA) is 69.0 Å². The van der Waals surface area contributed by atoms with Crippen LogP contribution in [0.1, 0.15) is 26.0 Å². The smallest absolute Gasteiger partial charge is 0.268 e. The molecule has 1 aromatic rings. The van der Waals surface area contributed by atoms with Gasteiger partial charge in [-0.1, -0.05) is 0 Å². The largest absolute Gasteiger partial charge is 0.435 e. The van der Waals surface area contributed by atoms with Gasteiger partial charge in [0, 0.05) is 12.6 Å². The second-order valence-corrected chi connectivity index (χ2v) is 7.22. The van der Waals surface area contributed by atoms with Crippen molar-refractivity contribution in [2.45, 2.75) is 38.2 Å². The van der Waals surface area contributed by atoms with Crippen LogP contribution >= 0.6 is 0 Å². The summed E-state index contributed by atoms with van der Waals surface area (Å²) >= 11 is 0. The molecule has 0 N–H and O–H groups in total. The minimum atomic E-state index is -4.64. The Labute approximate surface area is 114 Å². The monoisotopic (exact) mass is 312 g/mol. The van der Waals surface area contributed by atoms with Crippen LogP contribution in [0.4, 0.5) is 13.2 Å². The SMILES string of the molecule is CC(C)S(=O)(=O)CCCn1nc(C(F)(F)F)ccc1=O. The van der Waals surface area contributed by atoms with E-state index in [0.717, 1.165) is 6.07 Å². The fraction of sp³-hybridized carbons (Fsp3) is 0.636. The molecule has 0 unspecified atom stereocenters. The summed E-state index contributed by atoms with van der Waals surface area (Å²) in [4.78, 5) is 11.4. The maximum absolute atomic E-state index is 12.4. The highest BCUT2D eigenvalue weighted by Crippen LogP contribution is 2.26. The highest BCUT2D eigenvalue weighted by atomic mass is 32.2. The molecule has 0 radical (unpaired) electrons. The lowest BCUT2D eigenvalue weighted by Crippen LogP contribution is -2.27. The van der Waals surface area contributed by atoms with E-state index < -0.39 is 32.5 Å². The zero-order valence-corrected chi connectivity index (χ0v) is 11.8. The molecule has 0 saturated heterocycles. The summed E-state index contributed by atoms with van der Waals surface area (Å²) in [6.07, 6.45) is -4.60. The maximum Gasteiger partial charge on any atom is 0.435 e. The molecule has 0 aromatic carbocycles. The average Bonchev–Trinajstić information content (AvgIpc) is 2.29. The van der Waals surface area contributed by atoms with Gasteiger partial charge in [0.15, 0.2) is 15.5 Å². The van der Waals surface area contributed by atoms with Crippen molar-refractivity contribution in [1.29, 1.82) is 0 Å². The normalized spacial score (nSPS) is 12.9. The predicted octanol–water partition coefficient (Wildman–Crippen LogP) is 1.48. The number of halogens is 3. The summed E-state index contributed by atoms with van der Waals surface area (Å²) in [6.45, 7) is 2.86. The van der Waals surface area contributed by atoms with E-state index in [1.54, 1.807) is 0 Å². The molecule has 0 saturated carbocycles. The zero-order chi connectivity index (χ0) is 15.6. The molecule has 0 atom stereocenters. The second kappa shape index (κ2) is 5.94. The Morgan fingerprint density at radius 2 is 1.90 bits per heavy atom. The molecule has 5 nitrogen and oxygen atoms in total. The van der Waals surface area contributed by atoms with Gasteiger partial charge < -0.3 is 0 Å². The van der Waals surface area contributed by atoms with Crippen LogP contribution in [0, 0.1) is 0 Å². The second-order valence-electron chi connectivity index (χ2n) is 4.55. The Morgan fingerprint density at radius 1 is 1.30 bits per heavy atom. The standard InChI is InChI=1S/C11H15F3N2O3S/c1-8(2)20(18,19)7-3-6-16-10(17)5-4-9(15-16)11(12,13)14/h4-5,8H,3,6-7H2,1-2H3. The summed E-state index contributed by atoms with van der Waals surface area (Å²) in [5.74, 6) is -0.199. The molecular formula is C11H15F3N2O3S. The van der Waals surface area contributed by atoms with Crippen LogP contribution in [0.3, 0.4) is 0 Å². The van der Waals surface area contributed by atoms with Crippen molar-refractivity contribution in [3.63, 3.8) is 0 Å². The molecule has 1 rings (SSSR count). The Hall–Kier alpha value is -1.38. The molecule has 114 valence electrons. The van der Waals surface area contributed by atoms with E-state index in [1.807, 2.05) is 0 Å². The molecule has 0 aliphatic rings. The number of hydrogen-bond donors (Lipinski definition) is 0. The first kappa shape index (κ1) is 16.7. The number of alkyl halides is 3. The highest BCUT2D eigenvalue weighted by Gasteiger charge is 2.33. The Balaban J connectivity index is 2.82. The Morgan fingerprint density at radius 3 is 2.40 bits per heavy atom. The molecule has 20 heavy (non-hydrogen) atoms. The van der Waals surface area contributed by atoms with Crippen molar-refractivity contribution in [3.8, 4) is 0 Å². The van der Waals surface area contributed by atoms with Crippen LogP contribution in [0.2, 0.25) is 0 Å². The van der Waals surface area contributed by atoms with Crippen molar-refractivity contribution in [3.05, 3.63) is 28.2 Å². The third kappa shape index (κ3) is 4.32. The van der Waals surface area contributed by atoms with E-state index in [-0.39, 0.29) is 18.7 Å². The van der Waals surface area contributed by atoms with Crippen LogP contribution in [0.25, 0.3) is 0 Å². The molecule has 1 aromatic heterocycles. The zero-order valence-electron chi connectivity index (χ0n) is 11.0. The minimum Gasteiger partial charge on any atom is -0.268 e. The number of aromatic nitrogens is 2. The summed E-state index contributed by atoms with van der Waals surface area (Å²) in [7, 11) is -3.29. The predicted molar refractivity (Wildman–Crippen MR) is 67.0 cm³/mol. The highest BCUT2D eigenvalue weighted by molar-refractivity contribution is 7.91. The number of sulfone groups is 1. The molecule has 0 spiro atoms. The van der Waals surface area contributed by atoms with Gasteiger partial charge in [-0.2, -0.15) is 18.3 Å². The first-order chi connectivity index (χ1) is 9.04. The first-order valence-electron chi connectivity index (χ1n) is 5.91. The van der Waals surface area contributed by atoms with E-state index in [9.17, 15) is 26.4 Å². The Bertz CT molecular complexity index is 621. The van der Waals surface area contributed by atoms with Gasteiger partial charge >= 0.3 is 6.18 Å². The lowest BCUT2D eigenvalue weighted by molar-refractivity contribution is -0.142. The number of rotatable bonds is 5. The molecule has 0 fully saturated rings. The molecule has 0 amide bonds. The molecule has 1 heterocycles. The fourth-order valence-electron chi connectivity index (χ4n) is 1.41. The molecule has 0 bridgehead atoms. The fourth-order valence-corrected chi connectivity index (χ4v) is 2.41. The first-order valence-corrected chi connectivity index (χ1v) is 7.62. The van der Waals surface area contributed by atoms with Crippen molar-refractivity contribution < 1.29 is 21.6 Å². The third-order valence-corrected chi connectivity index (χ3v) is 4.97. The van der Waals surface area contributed by atoms with Crippen LogP contribution < -0.4 is 5.56 Å². The number of aryl methyl sites for hydroxylation is 1. The van der Waals surface area contributed by atoms with Gasteiger partial charge in [0.05, 0.1) is 11.0 Å². The Kier molecular flexibility index (Phi) is 4.95. The van der Waals surface area contributed by atoms with E-state index in [2.05, 4.69) is 5.10 Å². The van der Waals surface area contributed by atoms with Crippen LogP contribution in [-0.4, -0.2) is 29.2 Å². The number of hydrogen-bond acceptors (Lipinski definition) is 4. The van der Waals surface area contributed by atoms with Gasteiger partial charge in [0.25, 0.3) is 5.56 Å². The van der Waals surface area contributed by atoms with Crippen molar-refractivity contribution in [1.82, 2.24) is 9.78 Å². The lowest BCUT2D eigenvalue weighted by Gasteiger charge is -2.10. The molecule has 0 aliphatic carbocycles. The van der Waals surface area contributed by atoms with Gasteiger partial charge in [0.1, 0.15) is 0 Å². The van der Waals surface area contributed by atoms with Gasteiger partial charge in [-0.25, -0.2) is 13.1 Å². The summed E-state index contributed by atoms with van der Waals surface area (Å²) in [5, 5.41) is 2.63. The summed E-state index contributed by atoms with van der Waals surface area (Å²) in [5.41, 5.74) is -1.87. The van der Waals surface area contributed by atoms with Crippen molar-refractivity contribution in [2.75, 3.05) is 5.75 Å². The van der Waals surface area contributed by atoms with E-state index in [0.29, 0.717) is 10.7 Å². The maximum atomic E-state index is 12.4. The molecular weight excluding hydrogens is 297 g/mol. The van der Waals surface area contributed by atoms with E-state index >= 15 is 0 Å². The van der Waals surface area contributed by atoms with E-state index in [1.165, 1.54) is 13.8 Å². The van der Waals surface area contributed by atoms with Gasteiger partial charge in [-0.05, 0) is 26.3 Å². The summed E-state index contributed by atoms with van der Waals surface area (Å²) < 4.78 is 61.1. The molecule has 9 heteroatoms. The van der Waals surface area contributed by atoms with Crippen LogP contribution in [0.5, 0.6) is 0 Å². The van der Waals surface area contributed by atoms with Crippen molar-refractivity contribution >= 4 is 9.84 Å². The van der Waals surface area contributed by atoms with Crippen LogP contribution in [0.15, 0.2) is 16.9 Å².